The molecule has 0 radical (unpaired) electrons. The second kappa shape index (κ2) is 7.48. The van der Waals surface area contributed by atoms with E-state index in [9.17, 15) is 4.79 Å². The Morgan fingerprint density at radius 3 is 2.43 bits per heavy atom. The molecule has 0 aliphatic heterocycles. The summed E-state index contributed by atoms with van der Waals surface area (Å²) in [6.07, 6.45) is 3.39. The number of para-hydroxylation sites is 2. The predicted octanol–water partition coefficient (Wildman–Crippen LogP) is 5.24. The highest BCUT2D eigenvalue weighted by molar-refractivity contribution is 6.04. The number of carbonyl (C=O) groups is 1. The maximum absolute atomic E-state index is 12.7. The minimum atomic E-state index is -0.239. The first-order chi connectivity index (χ1) is 13.6. The first kappa shape index (κ1) is 17.7. The molecule has 4 aromatic rings. The smallest absolute Gasteiger partial charge is 0.274 e. The topological polar surface area (TPSA) is 66.9 Å². The van der Waals surface area contributed by atoms with Crippen molar-refractivity contribution in [1.29, 1.82) is 0 Å². The third-order valence-corrected chi connectivity index (χ3v) is 4.62. The van der Waals surface area contributed by atoms with E-state index in [0.717, 1.165) is 39.1 Å². The van der Waals surface area contributed by atoms with Crippen molar-refractivity contribution < 1.29 is 4.79 Å². The highest BCUT2D eigenvalue weighted by atomic mass is 16.1. The van der Waals surface area contributed by atoms with E-state index in [1.807, 2.05) is 68.4 Å². The number of hydrogen-bond acceptors (Lipinski definition) is 4. The van der Waals surface area contributed by atoms with Gasteiger partial charge in [-0.3, -0.25) is 14.8 Å². The van der Waals surface area contributed by atoms with Gasteiger partial charge >= 0.3 is 0 Å². The van der Waals surface area contributed by atoms with Crippen molar-refractivity contribution in [3.63, 3.8) is 0 Å². The zero-order valence-electron chi connectivity index (χ0n) is 15.7. The molecule has 2 heterocycles. The fourth-order valence-corrected chi connectivity index (χ4v) is 3.18. The van der Waals surface area contributed by atoms with E-state index < -0.39 is 0 Å². The molecule has 0 unspecified atom stereocenters. The van der Waals surface area contributed by atoms with Gasteiger partial charge in [-0.2, -0.15) is 0 Å². The summed E-state index contributed by atoms with van der Waals surface area (Å²) in [6.45, 7) is 3.95. The SMILES string of the molecule is Cc1cccc(C)c1NC(=O)c1cc(Nc2cccc3cccnc23)ccn1. The molecule has 0 atom stereocenters. The van der Waals surface area contributed by atoms with Crippen LogP contribution in [-0.4, -0.2) is 15.9 Å². The van der Waals surface area contributed by atoms with Crippen molar-refractivity contribution in [2.24, 2.45) is 0 Å². The van der Waals surface area contributed by atoms with Gasteiger partial charge in [0.25, 0.3) is 5.91 Å². The molecule has 4 rings (SSSR count). The standard InChI is InChI=1S/C23H20N4O/c1-15-6-3-7-16(2)21(15)27-23(28)20-14-18(11-13-24-20)26-19-10-4-8-17-9-5-12-25-22(17)19/h3-14H,1-2H3,(H,24,26)(H,27,28). The van der Waals surface area contributed by atoms with Gasteiger partial charge in [-0.15, -0.1) is 0 Å². The molecule has 5 nitrogen and oxygen atoms in total. The van der Waals surface area contributed by atoms with Gasteiger partial charge in [-0.05, 0) is 49.2 Å². The summed E-state index contributed by atoms with van der Waals surface area (Å²) in [5.41, 5.74) is 5.74. The number of rotatable bonds is 4. The minimum Gasteiger partial charge on any atom is -0.354 e. The van der Waals surface area contributed by atoms with Crippen LogP contribution in [0.3, 0.4) is 0 Å². The quantitative estimate of drug-likeness (QED) is 0.517. The summed E-state index contributed by atoms with van der Waals surface area (Å²) in [7, 11) is 0. The molecular formula is C23H20N4O. The van der Waals surface area contributed by atoms with Crippen LogP contribution in [0.2, 0.25) is 0 Å². The maximum atomic E-state index is 12.7. The number of amides is 1. The van der Waals surface area contributed by atoms with Crippen molar-refractivity contribution in [3.05, 3.63) is 89.9 Å². The molecular weight excluding hydrogens is 348 g/mol. The van der Waals surface area contributed by atoms with Crippen LogP contribution in [0.5, 0.6) is 0 Å². The van der Waals surface area contributed by atoms with Gasteiger partial charge < -0.3 is 10.6 Å². The number of fused-ring (bicyclic) bond motifs is 1. The number of nitrogens with zero attached hydrogens (tertiary/aromatic N) is 2. The summed E-state index contributed by atoms with van der Waals surface area (Å²) >= 11 is 0. The number of carbonyl (C=O) groups excluding carboxylic acids is 1. The Morgan fingerprint density at radius 2 is 1.61 bits per heavy atom. The third-order valence-electron chi connectivity index (χ3n) is 4.62. The van der Waals surface area contributed by atoms with Crippen molar-refractivity contribution in [2.75, 3.05) is 10.6 Å². The van der Waals surface area contributed by atoms with Crippen molar-refractivity contribution in [1.82, 2.24) is 9.97 Å². The molecule has 2 aromatic carbocycles. The molecule has 0 saturated carbocycles. The molecule has 0 aliphatic rings. The van der Waals surface area contributed by atoms with Crippen LogP contribution in [0.4, 0.5) is 17.1 Å². The number of nitrogens with one attached hydrogen (secondary N) is 2. The molecule has 2 N–H and O–H groups in total. The average Bonchev–Trinajstić information content (AvgIpc) is 2.71. The molecule has 1 amide bonds. The number of hydrogen-bond donors (Lipinski definition) is 2. The van der Waals surface area contributed by atoms with Crippen LogP contribution in [0.15, 0.2) is 73.1 Å². The number of anilines is 3. The molecule has 5 heteroatoms. The fraction of sp³-hybridized carbons (Fsp3) is 0.0870. The van der Waals surface area contributed by atoms with Crippen molar-refractivity contribution in [2.45, 2.75) is 13.8 Å². The molecule has 138 valence electrons. The van der Waals surface area contributed by atoms with Crippen LogP contribution in [0.1, 0.15) is 21.6 Å². The maximum Gasteiger partial charge on any atom is 0.274 e. The first-order valence-corrected chi connectivity index (χ1v) is 9.06. The lowest BCUT2D eigenvalue weighted by Gasteiger charge is -2.12. The molecule has 28 heavy (non-hydrogen) atoms. The first-order valence-electron chi connectivity index (χ1n) is 9.06. The third kappa shape index (κ3) is 3.55. The van der Waals surface area contributed by atoms with Gasteiger partial charge in [-0.25, -0.2) is 0 Å². The van der Waals surface area contributed by atoms with E-state index >= 15 is 0 Å². The van der Waals surface area contributed by atoms with Crippen molar-refractivity contribution in [3.8, 4) is 0 Å². The molecule has 0 bridgehead atoms. The lowest BCUT2D eigenvalue weighted by molar-refractivity contribution is 0.102. The molecule has 0 aliphatic carbocycles. The van der Waals surface area contributed by atoms with E-state index in [2.05, 4.69) is 20.6 Å². The van der Waals surface area contributed by atoms with Gasteiger partial charge in [-0.1, -0.05) is 36.4 Å². The van der Waals surface area contributed by atoms with Crippen LogP contribution >= 0.6 is 0 Å². The Labute approximate surface area is 163 Å². The average molecular weight is 368 g/mol. The Morgan fingerprint density at radius 1 is 0.857 bits per heavy atom. The Kier molecular flexibility index (Phi) is 4.72. The van der Waals surface area contributed by atoms with Gasteiger partial charge in [0.05, 0.1) is 11.2 Å². The molecule has 0 fully saturated rings. The van der Waals surface area contributed by atoms with Gasteiger partial charge in [0, 0.05) is 29.2 Å². The van der Waals surface area contributed by atoms with Crippen molar-refractivity contribution >= 4 is 33.9 Å². The summed E-state index contributed by atoms with van der Waals surface area (Å²) in [5.74, 6) is -0.239. The summed E-state index contributed by atoms with van der Waals surface area (Å²) in [6, 6.07) is 19.4. The Balaban J connectivity index is 1.60. The second-order valence-electron chi connectivity index (χ2n) is 6.66. The number of aryl methyl sites for hydroxylation is 2. The molecule has 0 saturated heterocycles. The van der Waals surface area contributed by atoms with Gasteiger partial charge in [0.15, 0.2) is 0 Å². The Hall–Kier alpha value is -3.73. The van der Waals surface area contributed by atoms with Crippen LogP contribution < -0.4 is 10.6 Å². The van der Waals surface area contributed by atoms with E-state index in [0.29, 0.717) is 5.69 Å². The monoisotopic (exact) mass is 368 g/mol. The minimum absolute atomic E-state index is 0.239. The van der Waals surface area contributed by atoms with Crippen LogP contribution in [-0.2, 0) is 0 Å². The van der Waals surface area contributed by atoms with E-state index in [1.54, 1.807) is 18.5 Å². The summed E-state index contributed by atoms with van der Waals surface area (Å²) in [4.78, 5) is 21.4. The normalized spacial score (nSPS) is 10.6. The van der Waals surface area contributed by atoms with Crippen LogP contribution in [0, 0.1) is 13.8 Å². The fourth-order valence-electron chi connectivity index (χ4n) is 3.18. The number of aromatic nitrogens is 2. The zero-order valence-corrected chi connectivity index (χ0v) is 15.7. The highest BCUT2D eigenvalue weighted by Crippen LogP contribution is 2.25. The summed E-state index contributed by atoms with van der Waals surface area (Å²) < 4.78 is 0. The Bertz CT molecular complexity index is 1140. The predicted molar refractivity (Wildman–Crippen MR) is 113 cm³/mol. The lowest BCUT2D eigenvalue weighted by atomic mass is 10.1. The highest BCUT2D eigenvalue weighted by Gasteiger charge is 2.12. The molecule has 2 aromatic heterocycles. The zero-order chi connectivity index (χ0) is 19.5. The lowest BCUT2D eigenvalue weighted by Crippen LogP contribution is -2.15. The van der Waals surface area contributed by atoms with E-state index in [1.165, 1.54) is 0 Å². The van der Waals surface area contributed by atoms with E-state index in [-0.39, 0.29) is 5.91 Å². The molecule has 0 spiro atoms. The largest absolute Gasteiger partial charge is 0.354 e. The van der Waals surface area contributed by atoms with E-state index in [4.69, 9.17) is 0 Å². The number of benzene rings is 2. The van der Waals surface area contributed by atoms with Gasteiger partial charge in [0.1, 0.15) is 5.69 Å². The summed E-state index contributed by atoms with van der Waals surface area (Å²) in [5, 5.41) is 7.37. The van der Waals surface area contributed by atoms with Crippen LogP contribution in [0.25, 0.3) is 10.9 Å². The van der Waals surface area contributed by atoms with Gasteiger partial charge in [0.2, 0.25) is 0 Å². The number of pyridine rings is 2. The second-order valence-corrected chi connectivity index (χ2v) is 6.66.